The molecular formula is C20H16F6N2S. The Balaban J connectivity index is 1.63. The van der Waals surface area contributed by atoms with E-state index in [9.17, 15) is 26.3 Å². The smallest absolute Gasteiger partial charge is 0.381 e. The number of halogens is 6. The molecule has 1 aromatic heterocycles. The van der Waals surface area contributed by atoms with Gasteiger partial charge < -0.3 is 10.6 Å². The lowest BCUT2D eigenvalue weighted by Gasteiger charge is -2.13. The highest BCUT2D eigenvalue weighted by Crippen LogP contribution is 2.32. The Morgan fingerprint density at radius 2 is 1.07 bits per heavy atom. The van der Waals surface area contributed by atoms with Crippen molar-refractivity contribution in [2.45, 2.75) is 25.4 Å². The topological polar surface area (TPSA) is 24.1 Å². The quantitative estimate of drug-likeness (QED) is 0.411. The lowest BCUT2D eigenvalue weighted by molar-refractivity contribution is -0.138. The van der Waals surface area contributed by atoms with Crippen LogP contribution in [0.15, 0.2) is 59.3 Å². The maximum Gasteiger partial charge on any atom is 0.416 e. The Labute approximate surface area is 167 Å². The number of nitrogens with one attached hydrogen (secondary N) is 2. The van der Waals surface area contributed by atoms with Gasteiger partial charge in [-0.15, -0.1) is 0 Å². The predicted molar refractivity (Wildman–Crippen MR) is 102 cm³/mol. The van der Waals surface area contributed by atoms with Crippen molar-refractivity contribution in [2.75, 3.05) is 10.6 Å². The van der Waals surface area contributed by atoms with Crippen molar-refractivity contribution in [1.29, 1.82) is 0 Å². The van der Waals surface area contributed by atoms with E-state index < -0.39 is 23.5 Å². The van der Waals surface area contributed by atoms with Crippen LogP contribution in [0.1, 0.15) is 22.3 Å². The van der Waals surface area contributed by atoms with E-state index in [-0.39, 0.29) is 0 Å². The van der Waals surface area contributed by atoms with Gasteiger partial charge in [0, 0.05) is 24.5 Å². The summed E-state index contributed by atoms with van der Waals surface area (Å²) in [6, 6.07) is 9.81. The summed E-state index contributed by atoms with van der Waals surface area (Å²) in [5, 5.41) is 9.62. The van der Waals surface area contributed by atoms with Gasteiger partial charge in [-0.2, -0.15) is 37.7 Å². The molecular weight excluding hydrogens is 414 g/mol. The van der Waals surface area contributed by atoms with Crippen LogP contribution in [0.3, 0.4) is 0 Å². The summed E-state index contributed by atoms with van der Waals surface area (Å²) in [4.78, 5) is 0. The predicted octanol–water partition coefficient (Wildman–Crippen LogP) is 7.01. The summed E-state index contributed by atoms with van der Waals surface area (Å²) in [7, 11) is 0. The third-order valence-electron chi connectivity index (χ3n) is 4.18. The van der Waals surface area contributed by atoms with Crippen LogP contribution >= 0.6 is 11.3 Å². The zero-order valence-corrected chi connectivity index (χ0v) is 15.7. The summed E-state index contributed by atoms with van der Waals surface area (Å²) in [6.45, 7) is 0.592. The van der Waals surface area contributed by atoms with Crippen LogP contribution in [0.5, 0.6) is 0 Å². The molecule has 0 unspecified atom stereocenters. The second-order valence-corrected chi connectivity index (χ2v) is 7.03. The van der Waals surface area contributed by atoms with Gasteiger partial charge in [0.2, 0.25) is 0 Å². The molecule has 3 rings (SSSR count). The molecule has 154 valence electrons. The summed E-state index contributed by atoms with van der Waals surface area (Å²) < 4.78 is 76.8. The molecule has 0 spiro atoms. The third kappa shape index (κ3) is 5.66. The molecule has 2 N–H and O–H groups in total. The number of benzene rings is 2. The summed E-state index contributed by atoms with van der Waals surface area (Å²) in [5.41, 5.74) is 0.905. The third-order valence-corrected chi connectivity index (χ3v) is 5.02. The van der Waals surface area contributed by atoms with Crippen molar-refractivity contribution in [2.24, 2.45) is 0 Å². The van der Waals surface area contributed by atoms with Crippen molar-refractivity contribution in [3.8, 4) is 0 Å². The maximum atomic E-state index is 12.8. The average Bonchev–Trinajstić information content (AvgIpc) is 3.11. The van der Waals surface area contributed by atoms with Crippen molar-refractivity contribution in [3.05, 3.63) is 81.5 Å². The lowest BCUT2D eigenvalue weighted by atomic mass is 10.1. The fraction of sp³-hybridized carbons (Fsp3) is 0.200. The first-order valence-electron chi connectivity index (χ1n) is 8.49. The Hall–Kier alpha value is -2.68. The van der Waals surface area contributed by atoms with Crippen LogP contribution in [-0.4, -0.2) is 0 Å². The van der Waals surface area contributed by atoms with Crippen molar-refractivity contribution in [3.63, 3.8) is 0 Å². The van der Waals surface area contributed by atoms with Crippen LogP contribution in [0, 0.1) is 0 Å². The van der Waals surface area contributed by atoms with Crippen LogP contribution in [0.2, 0.25) is 0 Å². The molecule has 0 saturated heterocycles. The van der Waals surface area contributed by atoms with E-state index in [1.807, 2.05) is 10.8 Å². The van der Waals surface area contributed by atoms with E-state index in [0.29, 0.717) is 24.5 Å². The molecule has 1 heterocycles. The first-order chi connectivity index (χ1) is 13.6. The van der Waals surface area contributed by atoms with Gasteiger partial charge in [-0.1, -0.05) is 12.1 Å². The van der Waals surface area contributed by atoms with Gasteiger partial charge in [-0.25, -0.2) is 0 Å². The number of hydrogen-bond donors (Lipinski definition) is 2. The maximum absolute atomic E-state index is 12.8. The second-order valence-electron chi connectivity index (χ2n) is 6.29. The van der Waals surface area contributed by atoms with Crippen molar-refractivity contribution in [1.82, 2.24) is 0 Å². The molecule has 2 aromatic carbocycles. The monoisotopic (exact) mass is 430 g/mol. The molecule has 0 aliphatic heterocycles. The van der Waals surface area contributed by atoms with E-state index >= 15 is 0 Å². The highest BCUT2D eigenvalue weighted by Gasteiger charge is 2.31. The molecule has 0 saturated carbocycles. The van der Waals surface area contributed by atoms with Crippen molar-refractivity contribution >= 4 is 22.7 Å². The number of rotatable bonds is 6. The summed E-state index contributed by atoms with van der Waals surface area (Å²) in [6.07, 6.45) is -8.83. The molecule has 29 heavy (non-hydrogen) atoms. The Morgan fingerprint density at radius 1 is 0.655 bits per heavy atom. The average molecular weight is 430 g/mol. The van der Waals surface area contributed by atoms with E-state index in [4.69, 9.17) is 0 Å². The first kappa shape index (κ1) is 21.0. The SMILES string of the molecule is FC(F)(F)c1cccc(NCc2cscc2CNc2cccc(C(F)(F)F)c2)c1. The number of alkyl halides is 6. The van der Waals surface area contributed by atoms with E-state index in [1.165, 1.54) is 23.5 Å². The highest BCUT2D eigenvalue weighted by molar-refractivity contribution is 7.08. The number of anilines is 2. The summed E-state index contributed by atoms with van der Waals surface area (Å²) in [5.74, 6) is 0. The van der Waals surface area contributed by atoms with E-state index in [2.05, 4.69) is 10.6 Å². The van der Waals surface area contributed by atoms with Crippen LogP contribution < -0.4 is 10.6 Å². The van der Waals surface area contributed by atoms with Gasteiger partial charge in [0.1, 0.15) is 0 Å². The van der Waals surface area contributed by atoms with Gasteiger partial charge in [0.25, 0.3) is 0 Å². The van der Waals surface area contributed by atoms with Crippen LogP contribution in [-0.2, 0) is 25.4 Å². The van der Waals surface area contributed by atoms with Crippen molar-refractivity contribution < 1.29 is 26.3 Å². The molecule has 2 nitrogen and oxygen atoms in total. The molecule has 0 bridgehead atoms. The Kier molecular flexibility index (Phi) is 6.07. The largest absolute Gasteiger partial charge is 0.416 e. The van der Waals surface area contributed by atoms with E-state index in [1.54, 1.807) is 12.1 Å². The molecule has 3 aromatic rings. The lowest BCUT2D eigenvalue weighted by Crippen LogP contribution is -2.08. The minimum atomic E-state index is -4.42. The molecule has 0 aliphatic rings. The van der Waals surface area contributed by atoms with Gasteiger partial charge in [0.15, 0.2) is 0 Å². The minimum Gasteiger partial charge on any atom is -0.381 e. The normalized spacial score (nSPS) is 12.1. The molecule has 0 fully saturated rings. The minimum absolute atomic E-state index is 0.296. The van der Waals surface area contributed by atoms with Crippen LogP contribution in [0.25, 0.3) is 0 Å². The fourth-order valence-electron chi connectivity index (χ4n) is 2.67. The fourth-order valence-corrected chi connectivity index (χ4v) is 3.53. The van der Waals surface area contributed by atoms with Gasteiger partial charge in [0.05, 0.1) is 11.1 Å². The Morgan fingerprint density at radius 3 is 1.45 bits per heavy atom. The molecule has 0 atom stereocenters. The molecule has 0 aliphatic carbocycles. The molecule has 0 amide bonds. The van der Waals surface area contributed by atoms with Crippen LogP contribution in [0.4, 0.5) is 37.7 Å². The van der Waals surface area contributed by atoms with Gasteiger partial charge in [-0.05, 0) is 58.3 Å². The van der Waals surface area contributed by atoms with E-state index in [0.717, 1.165) is 35.4 Å². The number of hydrogen-bond acceptors (Lipinski definition) is 3. The first-order valence-corrected chi connectivity index (χ1v) is 9.43. The molecule has 9 heteroatoms. The van der Waals surface area contributed by atoms with Gasteiger partial charge in [-0.3, -0.25) is 0 Å². The number of thiophene rings is 1. The standard InChI is InChI=1S/C20H16F6N2S/c21-19(22,23)15-3-1-5-17(7-15)27-9-13-11-29-12-14(13)10-28-18-6-2-4-16(8-18)20(24,25)26/h1-8,11-12,27-28H,9-10H2. The molecule has 0 radical (unpaired) electrons. The zero-order valence-electron chi connectivity index (χ0n) is 14.9. The zero-order chi connectivity index (χ0) is 21.1. The Bertz CT molecular complexity index is 886. The van der Waals surface area contributed by atoms with Gasteiger partial charge >= 0.3 is 12.4 Å². The highest BCUT2D eigenvalue weighted by atomic mass is 32.1. The summed E-state index contributed by atoms with van der Waals surface area (Å²) >= 11 is 1.41. The second kappa shape index (κ2) is 8.36.